The number of alkyl halides is 1. The van der Waals surface area contributed by atoms with E-state index in [-0.39, 0.29) is 12.0 Å². The summed E-state index contributed by atoms with van der Waals surface area (Å²) in [4.78, 5) is 25.5. The van der Waals surface area contributed by atoms with Crippen LogP contribution in [0, 0.1) is 0 Å². The highest BCUT2D eigenvalue weighted by Crippen LogP contribution is 1.86. The molecule has 1 heterocycles. The molecule has 0 fully saturated rings. The van der Waals surface area contributed by atoms with E-state index in [0.29, 0.717) is 0 Å². The first-order valence-electron chi connectivity index (χ1n) is 3.11. The van der Waals surface area contributed by atoms with E-state index in [9.17, 15) is 14.0 Å². The van der Waals surface area contributed by atoms with E-state index in [1.165, 1.54) is 6.20 Å². The number of hydrogen-bond donors (Lipinski definition) is 2. The molecule has 60 valence electrons. The number of aromatic nitrogens is 2. The van der Waals surface area contributed by atoms with Gasteiger partial charge in [-0.2, -0.15) is 0 Å². The third kappa shape index (κ3) is 1.76. The Morgan fingerprint density at radius 3 is 2.73 bits per heavy atom. The zero-order valence-electron chi connectivity index (χ0n) is 5.69. The molecule has 0 saturated heterocycles. The molecular formula is C6H7FN2O2. The van der Waals surface area contributed by atoms with Gasteiger partial charge in [0.05, 0.1) is 6.67 Å². The van der Waals surface area contributed by atoms with E-state index >= 15 is 0 Å². The zero-order valence-corrected chi connectivity index (χ0v) is 5.69. The van der Waals surface area contributed by atoms with E-state index in [0.717, 1.165) is 0 Å². The Morgan fingerprint density at radius 1 is 1.45 bits per heavy atom. The van der Waals surface area contributed by atoms with Crippen LogP contribution in [0.25, 0.3) is 0 Å². The van der Waals surface area contributed by atoms with Crippen molar-refractivity contribution in [2.75, 3.05) is 6.67 Å². The Morgan fingerprint density at radius 2 is 2.18 bits per heavy atom. The molecule has 0 aliphatic carbocycles. The molecular weight excluding hydrogens is 151 g/mol. The second-order valence-electron chi connectivity index (χ2n) is 2.04. The summed E-state index contributed by atoms with van der Waals surface area (Å²) >= 11 is 0. The van der Waals surface area contributed by atoms with Gasteiger partial charge in [0.2, 0.25) is 0 Å². The zero-order chi connectivity index (χ0) is 8.27. The highest BCUT2D eigenvalue weighted by molar-refractivity contribution is 5.02. The molecule has 0 spiro atoms. The van der Waals surface area contributed by atoms with Crippen LogP contribution in [0.3, 0.4) is 0 Å². The van der Waals surface area contributed by atoms with E-state index in [1.807, 2.05) is 4.98 Å². The van der Waals surface area contributed by atoms with Crippen LogP contribution in [0.1, 0.15) is 5.56 Å². The number of aryl methyl sites for hydroxylation is 1. The summed E-state index contributed by atoms with van der Waals surface area (Å²) in [7, 11) is 0. The van der Waals surface area contributed by atoms with Crippen LogP contribution in [0.15, 0.2) is 15.8 Å². The van der Waals surface area contributed by atoms with E-state index in [4.69, 9.17) is 0 Å². The van der Waals surface area contributed by atoms with Crippen LogP contribution in [-0.4, -0.2) is 16.6 Å². The van der Waals surface area contributed by atoms with E-state index < -0.39 is 17.9 Å². The largest absolute Gasteiger partial charge is 0.325 e. The normalized spacial score (nSPS) is 9.91. The molecule has 5 heteroatoms. The molecule has 0 unspecified atom stereocenters. The van der Waals surface area contributed by atoms with Crippen LogP contribution in [0.4, 0.5) is 4.39 Å². The number of hydrogen-bond acceptors (Lipinski definition) is 2. The average Bonchev–Trinajstić information content (AvgIpc) is 1.95. The predicted molar refractivity (Wildman–Crippen MR) is 37.4 cm³/mol. The highest BCUT2D eigenvalue weighted by atomic mass is 19.1. The minimum Gasteiger partial charge on any atom is -0.314 e. The minimum atomic E-state index is -0.602. The second-order valence-corrected chi connectivity index (χ2v) is 2.04. The van der Waals surface area contributed by atoms with Crippen LogP contribution in [-0.2, 0) is 6.42 Å². The Kier molecular flexibility index (Phi) is 2.20. The van der Waals surface area contributed by atoms with Gasteiger partial charge in [0.25, 0.3) is 5.56 Å². The number of nitrogens with one attached hydrogen (secondary N) is 2. The third-order valence-corrected chi connectivity index (χ3v) is 1.26. The molecule has 11 heavy (non-hydrogen) atoms. The topological polar surface area (TPSA) is 65.7 Å². The van der Waals surface area contributed by atoms with Crippen molar-refractivity contribution in [3.8, 4) is 0 Å². The lowest BCUT2D eigenvalue weighted by Crippen LogP contribution is -2.24. The molecule has 0 amide bonds. The van der Waals surface area contributed by atoms with Gasteiger partial charge in [-0.25, -0.2) is 4.79 Å². The smallest absolute Gasteiger partial charge is 0.314 e. The van der Waals surface area contributed by atoms with Gasteiger partial charge in [-0.1, -0.05) is 0 Å². The first-order chi connectivity index (χ1) is 5.24. The number of H-pyrrole nitrogens is 2. The first kappa shape index (κ1) is 7.71. The van der Waals surface area contributed by atoms with Crippen molar-refractivity contribution < 1.29 is 4.39 Å². The summed E-state index contributed by atoms with van der Waals surface area (Å²) < 4.78 is 11.7. The summed E-state index contributed by atoms with van der Waals surface area (Å²) in [5.41, 5.74) is -0.837. The lowest BCUT2D eigenvalue weighted by atomic mass is 10.3. The van der Waals surface area contributed by atoms with Crippen molar-refractivity contribution in [3.63, 3.8) is 0 Å². The summed E-state index contributed by atoms with van der Waals surface area (Å²) in [5.74, 6) is 0. The van der Waals surface area contributed by atoms with Gasteiger partial charge in [-0.3, -0.25) is 14.2 Å². The number of halogens is 1. The quantitative estimate of drug-likeness (QED) is 0.613. The maximum atomic E-state index is 11.7. The standard InChI is InChI=1S/C6H7FN2O2/c7-2-1-4-3-8-6(11)9-5(4)10/h3H,1-2H2,(H2,8,9,10,11). The third-order valence-electron chi connectivity index (χ3n) is 1.26. The molecule has 2 N–H and O–H groups in total. The van der Waals surface area contributed by atoms with Crippen molar-refractivity contribution in [2.24, 2.45) is 0 Å². The molecule has 0 aliphatic rings. The van der Waals surface area contributed by atoms with Crippen LogP contribution < -0.4 is 11.2 Å². The molecule has 1 aromatic heterocycles. The van der Waals surface area contributed by atoms with Gasteiger partial charge in [-0.05, 0) is 0 Å². The van der Waals surface area contributed by atoms with Gasteiger partial charge in [0, 0.05) is 18.2 Å². The van der Waals surface area contributed by atoms with Crippen molar-refractivity contribution >= 4 is 0 Å². The van der Waals surface area contributed by atoms with Crippen LogP contribution in [0.5, 0.6) is 0 Å². The molecule has 0 saturated carbocycles. The van der Waals surface area contributed by atoms with Crippen molar-refractivity contribution in [3.05, 3.63) is 32.6 Å². The maximum Gasteiger partial charge on any atom is 0.325 e. The van der Waals surface area contributed by atoms with Crippen molar-refractivity contribution in [1.29, 1.82) is 0 Å². The highest BCUT2D eigenvalue weighted by Gasteiger charge is 1.97. The van der Waals surface area contributed by atoms with E-state index in [2.05, 4.69) is 4.98 Å². The summed E-state index contributed by atoms with van der Waals surface area (Å²) in [5, 5.41) is 0. The SMILES string of the molecule is O=c1[nH]cc(CCF)c(=O)[nH]1. The predicted octanol–water partition coefficient (Wildman–Crippen LogP) is -0.425. The van der Waals surface area contributed by atoms with Gasteiger partial charge in [0.1, 0.15) is 0 Å². The fourth-order valence-electron chi connectivity index (χ4n) is 0.725. The lowest BCUT2D eigenvalue weighted by molar-refractivity contribution is 0.493. The maximum absolute atomic E-state index is 11.7. The van der Waals surface area contributed by atoms with Gasteiger partial charge in [0.15, 0.2) is 0 Å². The second kappa shape index (κ2) is 3.14. The first-order valence-corrected chi connectivity index (χ1v) is 3.11. The molecule has 1 rings (SSSR count). The molecule has 4 nitrogen and oxygen atoms in total. The number of rotatable bonds is 2. The lowest BCUT2D eigenvalue weighted by Gasteiger charge is -1.91. The Balaban J connectivity index is 3.10. The molecule has 1 aromatic rings. The summed E-state index contributed by atoms with van der Waals surface area (Å²) in [6, 6.07) is 0. The van der Waals surface area contributed by atoms with Crippen molar-refractivity contribution in [2.45, 2.75) is 6.42 Å². The monoisotopic (exact) mass is 158 g/mol. The van der Waals surface area contributed by atoms with E-state index in [1.54, 1.807) is 0 Å². The van der Waals surface area contributed by atoms with Crippen LogP contribution in [0.2, 0.25) is 0 Å². The summed E-state index contributed by atoms with van der Waals surface area (Å²) in [6.07, 6.45) is 1.26. The van der Waals surface area contributed by atoms with Gasteiger partial charge in [-0.15, -0.1) is 0 Å². The molecule has 0 bridgehead atoms. The molecule has 0 atom stereocenters. The van der Waals surface area contributed by atoms with Crippen LogP contribution >= 0.6 is 0 Å². The number of aromatic amines is 2. The Bertz CT molecular complexity index is 341. The van der Waals surface area contributed by atoms with Gasteiger partial charge < -0.3 is 4.98 Å². The summed E-state index contributed by atoms with van der Waals surface area (Å²) in [6.45, 7) is -0.602. The van der Waals surface area contributed by atoms with Crippen molar-refractivity contribution in [1.82, 2.24) is 9.97 Å². The minimum absolute atomic E-state index is 0.0338. The average molecular weight is 158 g/mol. The molecule has 0 aliphatic heterocycles. The molecule has 0 radical (unpaired) electrons. The Labute approximate surface area is 61.1 Å². The van der Waals surface area contributed by atoms with Gasteiger partial charge >= 0.3 is 5.69 Å². The Hall–Kier alpha value is -1.39. The molecule has 0 aromatic carbocycles. The fourth-order valence-corrected chi connectivity index (χ4v) is 0.725. The fraction of sp³-hybridized carbons (Fsp3) is 0.333.